The molecule has 146 valence electrons. The van der Waals surface area contributed by atoms with Crippen molar-refractivity contribution >= 4 is 24.6 Å². The fourth-order valence-electron chi connectivity index (χ4n) is 2.89. The van der Waals surface area contributed by atoms with Gasteiger partial charge in [0.2, 0.25) is 0 Å². The Balaban J connectivity index is 2.80. The van der Waals surface area contributed by atoms with Gasteiger partial charge < -0.3 is 14.0 Å². The third-order valence-corrected chi connectivity index (χ3v) is 4.31. The van der Waals surface area contributed by atoms with Gasteiger partial charge in [0, 0.05) is 18.0 Å². The van der Waals surface area contributed by atoms with Crippen LogP contribution < -0.4 is 0 Å². The van der Waals surface area contributed by atoms with E-state index in [1.165, 1.54) is 19.2 Å². The Morgan fingerprint density at radius 1 is 1.04 bits per heavy atom. The van der Waals surface area contributed by atoms with Gasteiger partial charge in [0.05, 0.1) is 31.0 Å². The Morgan fingerprint density at radius 3 is 2.00 bits per heavy atom. The summed E-state index contributed by atoms with van der Waals surface area (Å²) in [5.41, 5.74) is 0.199. The van der Waals surface area contributed by atoms with Crippen LogP contribution in [0.3, 0.4) is 0 Å². The summed E-state index contributed by atoms with van der Waals surface area (Å²) in [4.78, 5) is 24.7. The second-order valence-electron chi connectivity index (χ2n) is 5.62. The van der Waals surface area contributed by atoms with Crippen LogP contribution in [0.1, 0.15) is 32.0 Å². The Bertz CT molecular complexity index is 857. The van der Waals surface area contributed by atoms with E-state index in [2.05, 4.69) is 12.6 Å². The van der Waals surface area contributed by atoms with E-state index in [9.17, 15) is 22.8 Å². The van der Waals surface area contributed by atoms with Gasteiger partial charge in [-0.25, -0.2) is 9.59 Å². The van der Waals surface area contributed by atoms with Crippen LogP contribution in [0.15, 0.2) is 24.3 Å². The zero-order valence-corrected chi connectivity index (χ0v) is 15.8. The Labute approximate surface area is 159 Å². The molecule has 0 fully saturated rings. The molecule has 0 saturated heterocycles. The molecule has 1 aromatic heterocycles. The summed E-state index contributed by atoms with van der Waals surface area (Å²) in [6.07, 6.45) is -4.48. The van der Waals surface area contributed by atoms with Gasteiger partial charge in [0.25, 0.3) is 0 Å². The van der Waals surface area contributed by atoms with Gasteiger partial charge in [-0.2, -0.15) is 25.8 Å². The third-order valence-electron chi connectivity index (χ3n) is 4.11. The maximum atomic E-state index is 12.9. The van der Waals surface area contributed by atoms with Crippen molar-refractivity contribution in [1.29, 1.82) is 0 Å². The van der Waals surface area contributed by atoms with Gasteiger partial charge in [0.1, 0.15) is 5.56 Å². The molecule has 27 heavy (non-hydrogen) atoms. The number of rotatable bonds is 5. The number of thiol groups is 1. The van der Waals surface area contributed by atoms with Crippen LogP contribution in [-0.2, 0) is 22.2 Å². The molecule has 0 aliphatic rings. The predicted octanol–water partition coefficient (Wildman–Crippen LogP) is 3.99. The van der Waals surface area contributed by atoms with Crippen LogP contribution in [0.25, 0.3) is 11.3 Å². The first-order valence-electron chi connectivity index (χ1n) is 7.85. The van der Waals surface area contributed by atoms with Crippen LogP contribution in [-0.4, -0.2) is 36.5 Å². The van der Waals surface area contributed by atoms with Crippen molar-refractivity contribution in [2.24, 2.45) is 0 Å². The lowest BCUT2D eigenvalue weighted by Gasteiger charge is -2.13. The summed E-state index contributed by atoms with van der Waals surface area (Å²) in [5.74, 6) is -1.14. The van der Waals surface area contributed by atoms with Gasteiger partial charge in [-0.15, -0.1) is 0 Å². The van der Waals surface area contributed by atoms with E-state index in [1.807, 2.05) is 0 Å². The molecule has 9 heteroatoms. The van der Waals surface area contributed by atoms with Crippen molar-refractivity contribution in [2.75, 3.05) is 20.0 Å². The number of hydrogen-bond acceptors (Lipinski definition) is 5. The van der Waals surface area contributed by atoms with E-state index in [1.54, 1.807) is 11.5 Å². The lowest BCUT2D eigenvalue weighted by atomic mass is 10.0. The van der Waals surface area contributed by atoms with Crippen LogP contribution >= 0.6 is 12.6 Å². The van der Waals surface area contributed by atoms with Crippen molar-refractivity contribution in [1.82, 2.24) is 4.57 Å². The maximum absolute atomic E-state index is 12.9. The van der Waals surface area contributed by atoms with Crippen molar-refractivity contribution < 1.29 is 32.2 Å². The molecule has 0 N–H and O–H groups in total. The molecule has 0 aliphatic heterocycles. The first-order valence-corrected chi connectivity index (χ1v) is 8.48. The zero-order valence-electron chi connectivity index (χ0n) is 14.9. The van der Waals surface area contributed by atoms with Gasteiger partial charge in [-0.05, 0) is 24.6 Å². The van der Waals surface area contributed by atoms with Gasteiger partial charge in [-0.3, -0.25) is 0 Å². The second-order valence-corrected chi connectivity index (χ2v) is 6.06. The third kappa shape index (κ3) is 3.97. The molecule has 0 radical (unpaired) electrons. The fourth-order valence-corrected chi connectivity index (χ4v) is 3.09. The number of hydrogen-bond donors (Lipinski definition) is 1. The number of benzene rings is 1. The number of carbonyl (C=O) groups is 2. The molecule has 0 unspecified atom stereocenters. The molecule has 0 atom stereocenters. The lowest BCUT2D eigenvalue weighted by molar-refractivity contribution is -0.137. The van der Waals surface area contributed by atoms with Crippen LogP contribution in [0.5, 0.6) is 0 Å². The average Bonchev–Trinajstić information content (AvgIpc) is 2.93. The SMILES string of the molecule is COC(=O)c1c(C(=O)OC)c(-c2ccc(C(F)(F)F)cc2)n(CCS)c1C. The van der Waals surface area contributed by atoms with E-state index < -0.39 is 23.7 Å². The monoisotopic (exact) mass is 401 g/mol. The Hall–Kier alpha value is -2.42. The maximum Gasteiger partial charge on any atom is 0.416 e. The molecule has 0 bridgehead atoms. The van der Waals surface area contributed by atoms with E-state index in [-0.39, 0.29) is 16.8 Å². The molecule has 0 spiro atoms. The fraction of sp³-hybridized carbons (Fsp3) is 0.333. The average molecular weight is 401 g/mol. The first kappa shape index (κ1) is 20.9. The number of esters is 2. The molecule has 1 heterocycles. The van der Waals surface area contributed by atoms with Crippen molar-refractivity contribution in [2.45, 2.75) is 19.6 Å². The molecule has 0 aliphatic carbocycles. The van der Waals surface area contributed by atoms with Crippen LogP contribution in [0, 0.1) is 6.92 Å². The zero-order chi connectivity index (χ0) is 20.4. The predicted molar refractivity (Wildman–Crippen MR) is 96.1 cm³/mol. The van der Waals surface area contributed by atoms with Crippen molar-refractivity contribution in [3.8, 4) is 11.3 Å². The van der Waals surface area contributed by atoms with Gasteiger partial charge in [0.15, 0.2) is 0 Å². The summed E-state index contributed by atoms with van der Waals surface area (Å²) < 4.78 is 49.8. The topological polar surface area (TPSA) is 57.5 Å². The van der Waals surface area contributed by atoms with E-state index in [4.69, 9.17) is 9.47 Å². The molecular weight excluding hydrogens is 383 g/mol. The van der Waals surface area contributed by atoms with Gasteiger partial charge >= 0.3 is 18.1 Å². The normalized spacial score (nSPS) is 11.4. The van der Waals surface area contributed by atoms with Crippen LogP contribution in [0.4, 0.5) is 13.2 Å². The molecule has 0 saturated carbocycles. The molecule has 5 nitrogen and oxygen atoms in total. The first-order chi connectivity index (χ1) is 12.7. The number of ether oxygens (including phenoxy) is 2. The molecule has 2 rings (SSSR count). The van der Waals surface area contributed by atoms with Gasteiger partial charge in [-0.1, -0.05) is 12.1 Å². The van der Waals surface area contributed by atoms with E-state index in [0.29, 0.717) is 23.6 Å². The summed E-state index contributed by atoms with van der Waals surface area (Å²) in [6, 6.07) is 4.34. The van der Waals surface area contributed by atoms with Crippen molar-refractivity contribution in [3.63, 3.8) is 0 Å². The van der Waals surface area contributed by atoms with E-state index >= 15 is 0 Å². The Kier molecular flexibility index (Phi) is 6.25. The highest BCUT2D eigenvalue weighted by Gasteiger charge is 2.33. The highest BCUT2D eigenvalue weighted by molar-refractivity contribution is 7.80. The molecule has 2 aromatic rings. The number of aromatic nitrogens is 1. The number of halogens is 3. The Morgan fingerprint density at radius 2 is 1.56 bits per heavy atom. The number of alkyl halides is 3. The highest BCUT2D eigenvalue weighted by Crippen LogP contribution is 2.35. The summed E-state index contributed by atoms with van der Waals surface area (Å²) in [5, 5.41) is 0. The van der Waals surface area contributed by atoms with E-state index in [0.717, 1.165) is 19.2 Å². The van der Waals surface area contributed by atoms with Crippen LogP contribution in [0.2, 0.25) is 0 Å². The second kappa shape index (κ2) is 8.08. The summed E-state index contributed by atoms with van der Waals surface area (Å²) >= 11 is 4.18. The number of methoxy groups -OCH3 is 2. The lowest BCUT2D eigenvalue weighted by Crippen LogP contribution is -2.11. The minimum atomic E-state index is -4.48. The highest BCUT2D eigenvalue weighted by atomic mass is 32.1. The smallest absolute Gasteiger partial charge is 0.416 e. The summed E-state index contributed by atoms with van der Waals surface area (Å²) in [6.45, 7) is 1.95. The number of carbonyl (C=O) groups excluding carboxylic acids is 2. The molecule has 0 amide bonds. The summed E-state index contributed by atoms with van der Waals surface area (Å²) in [7, 11) is 2.34. The number of nitrogens with zero attached hydrogens (tertiary/aromatic N) is 1. The largest absolute Gasteiger partial charge is 0.465 e. The minimum Gasteiger partial charge on any atom is -0.465 e. The molecular formula is C18H18F3NO4S. The quantitative estimate of drug-likeness (QED) is 0.608. The minimum absolute atomic E-state index is 0.0148. The molecule has 1 aromatic carbocycles. The standard InChI is InChI=1S/C18H18F3NO4S/c1-10-13(16(23)25-2)14(17(24)26-3)15(22(10)8-9-27)11-4-6-12(7-5-11)18(19,20)21/h4-7,27H,8-9H2,1-3H3. The van der Waals surface area contributed by atoms with Crippen molar-refractivity contribution in [3.05, 3.63) is 46.6 Å².